The van der Waals surface area contributed by atoms with Crippen LogP contribution < -0.4 is 20.7 Å². The van der Waals surface area contributed by atoms with E-state index in [4.69, 9.17) is 4.74 Å². The van der Waals surface area contributed by atoms with Crippen molar-refractivity contribution in [3.8, 4) is 5.75 Å². The lowest BCUT2D eigenvalue weighted by Gasteiger charge is -2.17. The van der Waals surface area contributed by atoms with Gasteiger partial charge < -0.3 is 20.7 Å². The Bertz CT molecular complexity index is 1590. The molecule has 4 rings (SSSR count). The molecule has 3 amide bonds. The van der Waals surface area contributed by atoms with E-state index in [1.807, 2.05) is 25.1 Å². The number of hydrogen-bond donors (Lipinski definition) is 3. The standard InChI is InChI=1S/C33H30FN3O4S/c1-3-30(33(40)36-27-18-9-10-19-29(27)41-2)42-25-16-11-15-24(21-25)35-32(39)28(20-23-14-7-8-17-26(23)34)37-31(38)22-12-5-4-6-13-22/h4-21,30H,3H2,1-2H3,(H,35,39)(H,36,40)(H,37,38)/b28-20-. The van der Waals surface area contributed by atoms with Crippen LogP contribution >= 0.6 is 11.8 Å². The van der Waals surface area contributed by atoms with E-state index in [0.717, 1.165) is 4.90 Å². The number of ether oxygens (including phenoxy) is 1. The molecule has 4 aromatic rings. The summed E-state index contributed by atoms with van der Waals surface area (Å²) < 4.78 is 19.8. The van der Waals surface area contributed by atoms with Crippen molar-refractivity contribution >= 4 is 46.9 Å². The second kappa shape index (κ2) is 14.7. The first-order valence-electron chi connectivity index (χ1n) is 13.2. The Balaban J connectivity index is 1.51. The summed E-state index contributed by atoms with van der Waals surface area (Å²) in [6.45, 7) is 1.92. The van der Waals surface area contributed by atoms with Crippen LogP contribution in [0.3, 0.4) is 0 Å². The molecule has 0 saturated heterocycles. The van der Waals surface area contributed by atoms with Crippen molar-refractivity contribution in [2.24, 2.45) is 0 Å². The third-order valence-electron chi connectivity index (χ3n) is 6.13. The second-order valence-corrected chi connectivity index (χ2v) is 10.4. The minimum Gasteiger partial charge on any atom is -0.495 e. The van der Waals surface area contributed by atoms with Crippen LogP contribution in [0, 0.1) is 5.82 Å². The average molecular weight is 584 g/mol. The number of rotatable bonds is 11. The summed E-state index contributed by atoms with van der Waals surface area (Å²) >= 11 is 1.35. The lowest BCUT2D eigenvalue weighted by Crippen LogP contribution is -2.30. The van der Waals surface area contributed by atoms with Gasteiger partial charge in [-0.25, -0.2) is 4.39 Å². The Morgan fingerprint density at radius 1 is 0.881 bits per heavy atom. The van der Waals surface area contributed by atoms with Crippen LogP contribution in [0.4, 0.5) is 15.8 Å². The van der Waals surface area contributed by atoms with Crippen molar-refractivity contribution in [1.82, 2.24) is 5.32 Å². The fourth-order valence-corrected chi connectivity index (χ4v) is 5.00. The molecule has 3 N–H and O–H groups in total. The lowest BCUT2D eigenvalue weighted by atomic mass is 10.1. The number of hydrogen-bond acceptors (Lipinski definition) is 5. The first-order valence-corrected chi connectivity index (χ1v) is 14.1. The molecule has 214 valence electrons. The maximum atomic E-state index is 14.4. The molecule has 1 unspecified atom stereocenters. The highest BCUT2D eigenvalue weighted by atomic mass is 32.2. The van der Waals surface area contributed by atoms with Crippen LogP contribution in [0.2, 0.25) is 0 Å². The summed E-state index contributed by atoms with van der Waals surface area (Å²) in [6.07, 6.45) is 1.85. The number of thioether (sulfide) groups is 1. The molecule has 7 nitrogen and oxygen atoms in total. The van der Waals surface area contributed by atoms with Gasteiger partial charge in [0.15, 0.2) is 0 Å². The van der Waals surface area contributed by atoms with Gasteiger partial charge in [0, 0.05) is 21.7 Å². The fourth-order valence-electron chi connectivity index (χ4n) is 3.98. The van der Waals surface area contributed by atoms with Crippen LogP contribution in [-0.4, -0.2) is 30.1 Å². The van der Waals surface area contributed by atoms with Crippen molar-refractivity contribution in [3.63, 3.8) is 0 Å². The maximum Gasteiger partial charge on any atom is 0.272 e. The van der Waals surface area contributed by atoms with Gasteiger partial charge in [0.25, 0.3) is 11.8 Å². The predicted octanol–water partition coefficient (Wildman–Crippen LogP) is 6.75. The molecule has 0 aliphatic heterocycles. The summed E-state index contributed by atoms with van der Waals surface area (Å²) in [5.74, 6) is -1.29. The predicted molar refractivity (Wildman–Crippen MR) is 165 cm³/mol. The van der Waals surface area contributed by atoms with E-state index in [2.05, 4.69) is 16.0 Å². The van der Waals surface area contributed by atoms with Crippen molar-refractivity contribution < 1.29 is 23.5 Å². The number of benzene rings is 4. The number of carbonyl (C=O) groups is 3. The largest absolute Gasteiger partial charge is 0.495 e. The van der Waals surface area contributed by atoms with E-state index < -0.39 is 22.9 Å². The Morgan fingerprint density at radius 3 is 2.33 bits per heavy atom. The molecule has 4 aromatic carbocycles. The monoisotopic (exact) mass is 583 g/mol. The van der Waals surface area contributed by atoms with Gasteiger partial charge in [-0.2, -0.15) is 0 Å². The van der Waals surface area contributed by atoms with Crippen LogP contribution in [-0.2, 0) is 9.59 Å². The number of halogens is 1. The van der Waals surface area contributed by atoms with E-state index in [1.54, 1.807) is 73.8 Å². The van der Waals surface area contributed by atoms with E-state index in [9.17, 15) is 18.8 Å². The maximum absolute atomic E-state index is 14.4. The normalized spacial score (nSPS) is 11.7. The number of carbonyl (C=O) groups excluding carboxylic acids is 3. The van der Waals surface area contributed by atoms with Crippen LogP contribution in [0.15, 0.2) is 114 Å². The molecule has 0 heterocycles. The third-order valence-corrected chi connectivity index (χ3v) is 7.49. The lowest BCUT2D eigenvalue weighted by molar-refractivity contribution is -0.116. The van der Waals surface area contributed by atoms with Gasteiger partial charge in [0.1, 0.15) is 17.3 Å². The molecule has 0 saturated carbocycles. The van der Waals surface area contributed by atoms with E-state index in [-0.39, 0.29) is 17.2 Å². The molecule has 0 aromatic heterocycles. The number of para-hydroxylation sites is 2. The molecule has 9 heteroatoms. The van der Waals surface area contributed by atoms with Gasteiger partial charge in [0.05, 0.1) is 18.0 Å². The summed E-state index contributed by atoms with van der Waals surface area (Å²) in [5, 5.41) is 7.89. The topological polar surface area (TPSA) is 96.5 Å². The molecule has 0 radical (unpaired) electrons. The van der Waals surface area contributed by atoms with E-state index in [0.29, 0.717) is 29.1 Å². The molecule has 0 aliphatic carbocycles. The van der Waals surface area contributed by atoms with E-state index >= 15 is 0 Å². The Morgan fingerprint density at radius 2 is 1.60 bits per heavy atom. The average Bonchev–Trinajstić information content (AvgIpc) is 3.01. The molecule has 0 fully saturated rings. The molecule has 1 atom stereocenters. The Hall–Kier alpha value is -4.89. The van der Waals surface area contributed by atoms with Crippen molar-refractivity contribution in [3.05, 3.63) is 126 Å². The highest BCUT2D eigenvalue weighted by Gasteiger charge is 2.20. The zero-order chi connectivity index (χ0) is 29.9. The minimum absolute atomic E-state index is 0.130. The number of methoxy groups -OCH3 is 1. The second-order valence-electron chi connectivity index (χ2n) is 9.09. The SMILES string of the molecule is CCC(Sc1cccc(NC(=O)/C(=C/c2ccccc2F)NC(=O)c2ccccc2)c1)C(=O)Nc1ccccc1OC. The first-order chi connectivity index (χ1) is 20.4. The van der Waals surface area contributed by atoms with Gasteiger partial charge in [-0.05, 0) is 61.0 Å². The minimum atomic E-state index is -0.634. The molecular formula is C33H30FN3O4S. The molecule has 42 heavy (non-hydrogen) atoms. The van der Waals surface area contributed by atoms with Crippen LogP contribution in [0.5, 0.6) is 5.75 Å². The smallest absolute Gasteiger partial charge is 0.272 e. The molecular weight excluding hydrogens is 553 g/mol. The van der Waals surface area contributed by atoms with Crippen LogP contribution in [0.25, 0.3) is 6.08 Å². The quantitative estimate of drug-likeness (QED) is 0.134. The summed E-state index contributed by atoms with van der Waals surface area (Å²) in [7, 11) is 1.54. The number of anilines is 2. The Labute approximate surface area is 248 Å². The van der Waals surface area contributed by atoms with Crippen molar-refractivity contribution in [1.29, 1.82) is 0 Å². The van der Waals surface area contributed by atoms with E-state index in [1.165, 1.54) is 36.0 Å². The third kappa shape index (κ3) is 8.08. The zero-order valence-electron chi connectivity index (χ0n) is 23.1. The van der Waals surface area contributed by atoms with Crippen LogP contribution in [0.1, 0.15) is 29.3 Å². The van der Waals surface area contributed by atoms with Gasteiger partial charge in [-0.15, -0.1) is 11.8 Å². The molecule has 0 spiro atoms. The fraction of sp³-hybridized carbons (Fsp3) is 0.121. The Kier molecular flexibility index (Phi) is 10.5. The molecule has 0 bridgehead atoms. The first kappa shape index (κ1) is 30.1. The molecule has 0 aliphatic rings. The zero-order valence-corrected chi connectivity index (χ0v) is 23.9. The van der Waals surface area contributed by atoms with Gasteiger partial charge in [-0.3, -0.25) is 14.4 Å². The van der Waals surface area contributed by atoms with Crippen molar-refractivity contribution in [2.75, 3.05) is 17.7 Å². The summed E-state index contributed by atoms with van der Waals surface area (Å²) in [4.78, 5) is 40.0. The highest BCUT2D eigenvalue weighted by molar-refractivity contribution is 8.00. The summed E-state index contributed by atoms with van der Waals surface area (Å²) in [5.41, 5.74) is 1.39. The number of amides is 3. The highest BCUT2D eigenvalue weighted by Crippen LogP contribution is 2.30. The van der Waals surface area contributed by atoms with Gasteiger partial charge in [-0.1, -0.05) is 61.5 Å². The van der Waals surface area contributed by atoms with Crippen molar-refractivity contribution in [2.45, 2.75) is 23.5 Å². The number of nitrogens with one attached hydrogen (secondary N) is 3. The summed E-state index contributed by atoms with van der Waals surface area (Å²) in [6, 6.07) is 28.6. The van der Waals surface area contributed by atoms with Gasteiger partial charge >= 0.3 is 0 Å². The van der Waals surface area contributed by atoms with Gasteiger partial charge in [0.2, 0.25) is 5.91 Å².